The van der Waals surface area contributed by atoms with Crippen molar-refractivity contribution in [2.24, 2.45) is 0 Å². The zero-order valence-corrected chi connectivity index (χ0v) is 12.4. The van der Waals surface area contributed by atoms with Gasteiger partial charge in [0, 0.05) is 11.6 Å². The second kappa shape index (κ2) is 7.93. The van der Waals surface area contributed by atoms with Crippen LogP contribution in [0.5, 0.6) is 5.75 Å². The first kappa shape index (κ1) is 14.9. The van der Waals surface area contributed by atoms with E-state index >= 15 is 0 Å². The Morgan fingerprint density at radius 3 is 2.40 bits per heavy atom. The van der Waals surface area contributed by atoms with Crippen molar-refractivity contribution in [3.63, 3.8) is 0 Å². The molecule has 0 heterocycles. The van der Waals surface area contributed by atoms with E-state index in [4.69, 9.17) is 16.3 Å². The van der Waals surface area contributed by atoms with Crippen LogP contribution in [0.2, 0.25) is 5.02 Å². The van der Waals surface area contributed by atoms with E-state index in [2.05, 4.69) is 24.4 Å². The standard InChI is InChI=1S/C17H20ClNO/c1-2-12-19-13-17(14-6-4-3-5-7-14)20-16-10-8-15(18)9-11-16/h3-11,17,19H,2,12-13H2,1H3. The van der Waals surface area contributed by atoms with Gasteiger partial charge in [-0.1, -0.05) is 48.9 Å². The molecule has 0 aromatic heterocycles. The molecule has 0 aliphatic heterocycles. The molecule has 0 spiro atoms. The highest BCUT2D eigenvalue weighted by atomic mass is 35.5. The van der Waals surface area contributed by atoms with Crippen molar-refractivity contribution in [1.29, 1.82) is 0 Å². The normalized spacial score (nSPS) is 12.1. The molecule has 0 fully saturated rings. The van der Waals surface area contributed by atoms with Crippen molar-refractivity contribution in [2.75, 3.05) is 13.1 Å². The van der Waals surface area contributed by atoms with Crippen molar-refractivity contribution in [2.45, 2.75) is 19.4 Å². The Morgan fingerprint density at radius 2 is 1.75 bits per heavy atom. The highest BCUT2D eigenvalue weighted by Gasteiger charge is 2.12. The molecule has 0 aliphatic rings. The van der Waals surface area contributed by atoms with Crippen LogP contribution in [-0.2, 0) is 0 Å². The van der Waals surface area contributed by atoms with Crippen molar-refractivity contribution in [3.05, 3.63) is 65.2 Å². The third kappa shape index (κ3) is 4.55. The highest BCUT2D eigenvalue weighted by molar-refractivity contribution is 6.30. The van der Waals surface area contributed by atoms with Crippen LogP contribution in [0, 0.1) is 0 Å². The quantitative estimate of drug-likeness (QED) is 0.760. The van der Waals surface area contributed by atoms with Gasteiger partial charge in [-0.25, -0.2) is 0 Å². The highest BCUT2D eigenvalue weighted by Crippen LogP contribution is 2.23. The molecule has 20 heavy (non-hydrogen) atoms. The Bertz CT molecular complexity index is 498. The predicted molar refractivity (Wildman–Crippen MR) is 84.4 cm³/mol. The van der Waals surface area contributed by atoms with E-state index in [0.717, 1.165) is 30.3 Å². The monoisotopic (exact) mass is 289 g/mol. The summed E-state index contributed by atoms with van der Waals surface area (Å²) >= 11 is 5.90. The zero-order valence-electron chi connectivity index (χ0n) is 11.7. The molecular formula is C17H20ClNO. The molecule has 106 valence electrons. The van der Waals surface area contributed by atoms with Gasteiger partial charge in [0.05, 0.1) is 0 Å². The topological polar surface area (TPSA) is 21.3 Å². The number of benzene rings is 2. The summed E-state index contributed by atoms with van der Waals surface area (Å²) < 4.78 is 6.08. The van der Waals surface area contributed by atoms with Crippen molar-refractivity contribution in [3.8, 4) is 5.75 Å². The number of hydrogen-bond acceptors (Lipinski definition) is 2. The van der Waals surface area contributed by atoms with Gasteiger partial charge in [-0.3, -0.25) is 0 Å². The molecule has 0 amide bonds. The lowest BCUT2D eigenvalue weighted by atomic mass is 10.1. The van der Waals surface area contributed by atoms with E-state index in [1.165, 1.54) is 5.56 Å². The van der Waals surface area contributed by atoms with E-state index < -0.39 is 0 Å². The molecule has 0 saturated heterocycles. The Hall–Kier alpha value is -1.51. The molecule has 0 radical (unpaired) electrons. The second-order valence-corrected chi connectivity index (χ2v) is 5.11. The fraction of sp³-hybridized carbons (Fsp3) is 0.294. The third-order valence-electron chi connectivity index (χ3n) is 3.02. The smallest absolute Gasteiger partial charge is 0.136 e. The van der Waals surface area contributed by atoms with Crippen LogP contribution in [0.25, 0.3) is 0 Å². The van der Waals surface area contributed by atoms with Gasteiger partial charge < -0.3 is 10.1 Å². The molecule has 2 aromatic rings. The molecule has 1 N–H and O–H groups in total. The van der Waals surface area contributed by atoms with Gasteiger partial charge in [0.15, 0.2) is 0 Å². The number of hydrogen-bond donors (Lipinski definition) is 1. The molecule has 2 rings (SSSR count). The first-order chi connectivity index (χ1) is 9.79. The van der Waals surface area contributed by atoms with Crippen LogP contribution in [-0.4, -0.2) is 13.1 Å². The van der Waals surface area contributed by atoms with Gasteiger partial charge >= 0.3 is 0 Å². The van der Waals surface area contributed by atoms with Gasteiger partial charge in [0.2, 0.25) is 0 Å². The van der Waals surface area contributed by atoms with E-state index in [1.807, 2.05) is 42.5 Å². The molecule has 1 unspecified atom stereocenters. The Kier molecular flexibility index (Phi) is 5.90. The van der Waals surface area contributed by atoms with Gasteiger partial charge in [0.1, 0.15) is 11.9 Å². The molecule has 0 saturated carbocycles. The minimum absolute atomic E-state index is 0.00363. The number of rotatable bonds is 7. The average Bonchev–Trinajstić information content (AvgIpc) is 2.49. The SMILES string of the molecule is CCCNCC(Oc1ccc(Cl)cc1)c1ccccc1. The number of nitrogens with one attached hydrogen (secondary N) is 1. The minimum atomic E-state index is 0.00363. The second-order valence-electron chi connectivity index (χ2n) is 4.68. The molecule has 3 heteroatoms. The molecular weight excluding hydrogens is 270 g/mol. The van der Waals surface area contributed by atoms with Gasteiger partial charge in [-0.2, -0.15) is 0 Å². The molecule has 2 nitrogen and oxygen atoms in total. The molecule has 1 atom stereocenters. The van der Waals surface area contributed by atoms with Crippen molar-refractivity contribution >= 4 is 11.6 Å². The summed E-state index contributed by atoms with van der Waals surface area (Å²) in [6.45, 7) is 3.94. The van der Waals surface area contributed by atoms with Crippen LogP contribution in [0.3, 0.4) is 0 Å². The summed E-state index contributed by atoms with van der Waals surface area (Å²) in [5.74, 6) is 0.835. The summed E-state index contributed by atoms with van der Waals surface area (Å²) in [5.41, 5.74) is 1.17. The van der Waals surface area contributed by atoms with E-state index in [-0.39, 0.29) is 6.10 Å². The average molecular weight is 290 g/mol. The van der Waals surface area contributed by atoms with Crippen LogP contribution < -0.4 is 10.1 Å². The minimum Gasteiger partial charge on any atom is -0.484 e. The van der Waals surface area contributed by atoms with Crippen LogP contribution in [0.4, 0.5) is 0 Å². The predicted octanol–water partition coefficient (Wildman–Crippen LogP) is 4.46. The lowest BCUT2D eigenvalue weighted by Gasteiger charge is -2.20. The third-order valence-corrected chi connectivity index (χ3v) is 3.27. The van der Waals surface area contributed by atoms with E-state index in [0.29, 0.717) is 0 Å². The summed E-state index contributed by atoms with van der Waals surface area (Å²) in [7, 11) is 0. The fourth-order valence-corrected chi connectivity index (χ4v) is 2.11. The zero-order chi connectivity index (χ0) is 14.2. The fourth-order valence-electron chi connectivity index (χ4n) is 1.98. The van der Waals surface area contributed by atoms with Crippen LogP contribution in [0.15, 0.2) is 54.6 Å². The lowest BCUT2D eigenvalue weighted by Crippen LogP contribution is -2.25. The molecule has 0 aliphatic carbocycles. The van der Waals surface area contributed by atoms with Crippen LogP contribution >= 0.6 is 11.6 Å². The van der Waals surface area contributed by atoms with Crippen molar-refractivity contribution in [1.82, 2.24) is 5.32 Å². The maximum atomic E-state index is 6.08. The Balaban J connectivity index is 2.07. The molecule has 0 bridgehead atoms. The number of ether oxygens (including phenoxy) is 1. The van der Waals surface area contributed by atoms with Gasteiger partial charge in [-0.15, -0.1) is 0 Å². The number of halogens is 1. The molecule has 2 aromatic carbocycles. The largest absolute Gasteiger partial charge is 0.484 e. The van der Waals surface area contributed by atoms with Gasteiger partial charge in [-0.05, 0) is 42.8 Å². The van der Waals surface area contributed by atoms with Crippen LogP contribution in [0.1, 0.15) is 25.0 Å². The Morgan fingerprint density at radius 1 is 1.05 bits per heavy atom. The maximum absolute atomic E-state index is 6.08. The van der Waals surface area contributed by atoms with Gasteiger partial charge in [0.25, 0.3) is 0 Å². The van der Waals surface area contributed by atoms with E-state index in [1.54, 1.807) is 0 Å². The Labute approximate surface area is 125 Å². The summed E-state index contributed by atoms with van der Waals surface area (Å²) in [4.78, 5) is 0. The lowest BCUT2D eigenvalue weighted by molar-refractivity contribution is 0.202. The maximum Gasteiger partial charge on any atom is 0.136 e. The first-order valence-electron chi connectivity index (χ1n) is 6.97. The summed E-state index contributed by atoms with van der Waals surface area (Å²) in [6.07, 6.45) is 1.12. The summed E-state index contributed by atoms with van der Waals surface area (Å²) in [5, 5.41) is 4.13. The van der Waals surface area contributed by atoms with E-state index in [9.17, 15) is 0 Å². The summed E-state index contributed by atoms with van der Waals surface area (Å²) in [6, 6.07) is 17.8. The first-order valence-corrected chi connectivity index (χ1v) is 7.35. The van der Waals surface area contributed by atoms with Crippen molar-refractivity contribution < 1.29 is 4.74 Å².